The molecule has 1 aromatic carbocycles. The molecular weight excluding hydrogens is 327 g/mol. The van der Waals surface area contributed by atoms with Gasteiger partial charge in [0, 0.05) is 18.8 Å². The summed E-state index contributed by atoms with van der Waals surface area (Å²) in [5.74, 6) is -0.802. The quantitative estimate of drug-likeness (QED) is 0.921. The number of halogens is 1. The third-order valence-corrected chi connectivity index (χ3v) is 5.11. The molecule has 2 aromatic rings. The molecule has 1 saturated heterocycles. The Labute approximate surface area is 144 Å². The molecule has 2 amide bonds. The van der Waals surface area contributed by atoms with E-state index in [9.17, 15) is 14.0 Å². The van der Waals surface area contributed by atoms with Crippen LogP contribution in [0.25, 0.3) is 0 Å². The number of hydrogen-bond acceptors (Lipinski definition) is 3. The maximum absolute atomic E-state index is 13.6. The number of rotatable bonds is 3. The van der Waals surface area contributed by atoms with Gasteiger partial charge < -0.3 is 10.2 Å². The number of anilines is 1. The largest absolute Gasteiger partial charge is 0.337 e. The first-order valence-corrected chi connectivity index (χ1v) is 8.82. The van der Waals surface area contributed by atoms with Crippen molar-refractivity contribution in [1.29, 1.82) is 0 Å². The summed E-state index contributed by atoms with van der Waals surface area (Å²) >= 11 is 1.41. The van der Waals surface area contributed by atoms with E-state index in [0.29, 0.717) is 29.2 Å². The zero-order valence-electron chi connectivity index (χ0n) is 13.4. The summed E-state index contributed by atoms with van der Waals surface area (Å²) < 4.78 is 13.6. The predicted octanol–water partition coefficient (Wildman–Crippen LogP) is 3.69. The van der Waals surface area contributed by atoms with Crippen LogP contribution in [0.1, 0.15) is 28.1 Å². The van der Waals surface area contributed by atoms with Crippen molar-refractivity contribution in [2.75, 3.05) is 18.4 Å². The Morgan fingerprint density at radius 1 is 1.33 bits per heavy atom. The van der Waals surface area contributed by atoms with Crippen molar-refractivity contribution in [2.45, 2.75) is 19.8 Å². The summed E-state index contributed by atoms with van der Waals surface area (Å²) in [5, 5.41) is 4.63. The Kier molecular flexibility index (Phi) is 4.94. The molecule has 0 aliphatic carbocycles. The van der Waals surface area contributed by atoms with Gasteiger partial charge in [-0.3, -0.25) is 9.59 Å². The van der Waals surface area contributed by atoms with Crippen LogP contribution in [0.5, 0.6) is 0 Å². The fourth-order valence-electron chi connectivity index (χ4n) is 2.85. The van der Waals surface area contributed by atoms with Crippen LogP contribution in [0.2, 0.25) is 0 Å². The van der Waals surface area contributed by atoms with Gasteiger partial charge in [0.05, 0.1) is 10.8 Å². The average Bonchev–Trinajstić information content (AvgIpc) is 3.12. The highest BCUT2D eigenvalue weighted by atomic mass is 32.1. The fourth-order valence-corrected chi connectivity index (χ4v) is 3.54. The van der Waals surface area contributed by atoms with Gasteiger partial charge in [0.2, 0.25) is 5.91 Å². The second kappa shape index (κ2) is 7.13. The number of thiophene rings is 1. The number of nitrogens with zero attached hydrogens (tertiary/aromatic N) is 1. The second-order valence-corrected chi connectivity index (χ2v) is 6.97. The first-order chi connectivity index (χ1) is 11.5. The van der Waals surface area contributed by atoms with Gasteiger partial charge >= 0.3 is 0 Å². The molecule has 4 nitrogen and oxygen atoms in total. The van der Waals surface area contributed by atoms with Crippen molar-refractivity contribution in [3.05, 3.63) is 52.0 Å². The normalized spacial score (nSPS) is 17.6. The molecule has 1 fully saturated rings. The summed E-state index contributed by atoms with van der Waals surface area (Å²) in [6, 6.07) is 8.29. The van der Waals surface area contributed by atoms with Crippen molar-refractivity contribution in [1.82, 2.24) is 4.90 Å². The molecule has 0 radical (unpaired) electrons. The third-order valence-electron chi connectivity index (χ3n) is 4.25. The van der Waals surface area contributed by atoms with Crippen LogP contribution in [0, 0.1) is 18.7 Å². The molecule has 1 unspecified atom stereocenters. The zero-order valence-corrected chi connectivity index (χ0v) is 14.2. The minimum atomic E-state index is -0.342. The Hall–Kier alpha value is -2.21. The third kappa shape index (κ3) is 3.64. The number of carbonyl (C=O) groups excluding carboxylic acids is 2. The molecule has 0 bridgehead atoms. The van der Waals surface area contributed by atoms with Crippen molar-refractivity contribution >= 4 is 28.8 Å². The van der Waals surface area contributed by atoms with E-state index >= 15 is 0 Å². The van der Waals surface area contributed by atoms with Gasteiger partial charge in [0.15, 0.2) is 0 Å². The minimum Gasteiger partial charge on any atom is -0.337 e. The lowest BCUT2D eigenvalue weighted by atomic mass is 9.96. The van der Waals surface area contributed by atoms with Gasteiger partial charge in [0.1, 0.15) is 5.82 Å². The maximum atomic E-state index is 13.6. The van der Waals surface area contributed by atoms with E-state index in [2.05, 4.69) is 5.32 Å². The first kappa shape index (κ1) is 16.6. The molecule has 126 valence electrons. The van der Waals surface area contributed by atoms with E-state index in [1.54, 1.807) is 30.0 Å². The highest BCUT2D eigenvalue weighted by molar-refractivity contribution is 7.12. The lowest BCUT2D eigenvalue weighted by Crippen LogP contribution is -2.43. The summed E-state index contributed by atoms with van der Waals surface area (Å²) in [6.45, 7) is 2.74. The Bertz CT molecular complexity index is 745. The van der Waals surface area contributed by atoms with E-state index < -0.39 is 0 Å². The second-order valence-electron chi connectivity index (χ2n) is 6.02. The lowest BCUT2D eigenvalue weighted by Gasteiger charge is -2.31. The number of hydrogen-bond donors (Lipinski definition) is 1. The predicted molar refractivity (Wildman–Crippen MR) is 92.7 cm³/mol. The summed E-state index contributed by atoms with van der Waals surface area (Å²) in [4.78, 5) is 27.3. The molecule has 1 N–H and O–H groups in total. The van der Waals surface area contributed by atoms with E-state index in [-0.39, 0.29) is 23.5 Å². The van der Waals surface area contributed by atoms with Crippen molar-refractivity contribution in [3.8, 4) is 0 Å². The van der Waals surface area contributed by atoms with Crippen molar-refractivity contribution in [2.24, 2.45) is 5.92 Å². The van der Waals surface area contributed by atoms with Crippen LogP contribution in [0.3, 0.4) is 0 Å². The smallest absolute Gasteiger partial charge is 0.263 e. The monoisotopic (exact) mass is 346 g/mol. The molecule has 1 aliphatic rings. The summed E-state index contributed by atoms with van der Waals surface area (Å²) in [6.07, 6.45) is 1.52. The standard InChI is InChI=1S/C18H19FN2O2S/c1-12-6-7-14(10-15(12)19)20-17(22)13-4-2-8-21(11-13)18(23)16-5-3-9-24-16/h3,5-7,9-10,13H,2,4,8,11H2,1H3,(H,20,22). The number of likely N-dealkylation sites (tertiary alicyclic amines) is 1. The Morgan fingerprint density at radius 3 is 2.88 bits per heavy atom. The van der Waals surface area contributed by atoms with Gasteiger partial charge in [-0.2, -0.15) is 0 Å². The van der Waals surface area contributed by atoms with E-state index in [1.165, 1.54) is 17.4 Å². The first-order valence-electron chi connectivity index (χ1n) is 7.94. The van der Waals surface area contributed by atoms with Crippen LogP contribution >= 0.6 is 11.3 Å². The van der Waals surface area contributed by atoms with Crippen LogP contribution in [0.15, 0.2) is 35.7 Å². The fraction of sp³-hybridized carbons (Fsp3) is 0.333. The number of benzene rings is 1. The number of aryl methyl sites for hydroxylation is 1. The molecule has 1 aliphatic heterocycles. The molecule has 2 heterocycles. The minimum absolute atomic E-state index is 0.0242. The average molecular weight is 346 g/mol. The lowest BCUT2D eigenvalue weighted by molar-refractivity contribution is -0.121. The van der Waals surface area contributed by atoms with Gasteiger partial charge in [0.25, 0.3) is 5.91 Å². The molecule has 0 saturated carbocycles. The summed E-state index contributed by atoms with van der Waals surface area (Å²) in [7, 11) is 0. The van der Waals surface area contributed by atoms with Crippen LogP contribution in [-0.2, 0) is 4.79 Å². The number of carbonyl (C=O) groups is 2. The van der Waals surface area contributed by atoms with Crippen molar-refractivity contribution < 1.29 is 14.0 Å². The molecule has 24 heavy (non-hydrogen) atoms. The van der Waals surface area contributed by atoms with Gasteiger partial charge in [-0.15, -0.1) is 11.3 Å². The molecular formula is C18H19FN2O2S. The molecule has 1 aromatic heterocycles. The van der Waals surface area contributed by atoms with Crippen LogP contribution in [0.4, 0.5) is 10.1 Å². The molecule has 3 rings (SSSR count). The van der Waals surface area contributed by atoms with Crippen molar-refractivity contribution in [3.63, 3.8) is 0 Å². The molecule has 1 atom stereocenters. The van der Waals surface area contributed by atoms with Crippen LogP contribution < -0.4 is 5.32 Å². The zero-order chi connectivity index (χ0) is 17.1. The highest BCUT2D eigenvalue weighted by Gasteiger charge is 2.29. The van der Waals surface area contributed by atoms with Gasteiger partial charge in [-0.05, 0) is 48.9 Å². The van der Waals surface area contributed by atoms with E-state index in [1.807, 2.05) is 11.4 Å². The maximum Gasteiger partial charge on any atom is 0.263 e. The summed E-state index contributed by atoms with van der Waals surface area (Å²) in [5.41, 5.74) is 0.989. The molecule has 0 spiro atoms. The van der Waals surface area contributed by atoms with Gasteiger partial charge in [-0.1, -0.05) is 12.1 Å². The Morgan fingerprint density at radius 2 is 2.17 bits per heavy atom. The number of piperidine rings is 1. The topological polar surface area (TPSA) is 49.4 Å². The van der Waals surface area contributed by atoms with Crippen LogP contribution in [-0.4, -0.2) is 29.8 Å². The Balaban J connectivity index is 1.64. The van der Waals surface area contributed by atoms with E-state index in [0.717, 1.165) is 12.8 Å². The number of amides is 2. The van der Waals surface area contributed by atoms with Gasteiger partial charge in [-0.25, -0.2) is 4.39 Å². The molecule has 6 heteroatoms. The highest BCUT2D eigenvalue weighted by Crippen LogP contribution is 2.22. The number of nitrogens with one attached hydrogen (secondary N) is 1. The SMILES string of the molecule is Cc1ccc(NC(=O)C2CCCN(C(=O)c3cccs3)C2)cc1F. The van der Waals surface area contributed by atoms with E-state index in [4.69, 9.17) is 0 Å².